The van der Waals surface area contributed by atoms with Crippen LogP contribution in [0.2, 0.25) is 0 Å². The Kier molecular flexibility index (Phi) is 6.43. The Morgan fingerprint density at radius 2 is 1.97 bits per heavy atom. The van der Waals surface area contributed by atoms with E-state index in [4.69, 9.17) is 0 Å². The predicted octanol–water partition coefficient (Wildman–Crippen LogP) is 4.38. The Morgan fingerprint density at radius 3 is 2.79 bits per heavy atom. The molecule has 0 spiro atoms. The molecule has 0 radical (unpaired) electrons. The Balaban J connectivity index is 1.41. The minimum atomic E-state index is -0.161. The van der Waals surface area contributed by atoms with Crippen molar-refractivity contribution in [1.82, 2.24) is 15.5 Å². The van der Waals surface area contributed by atoms with Crippen molar-refractivity contribution in [3.8, 4) is 0 Å². The van der Waals surface area contributed by atoms with E-state index < -0.39 is 0 Å². The van der Waals surface area contributed by atoms with E-state index in [2.05, 4.69) is 69.4 Å². The van der Waals surface area contributed by atoms with Crippen molar-refractivity contribution in [2.75, 3.05) is 18.4 Å². The van der Waals surface area contributed by atoms with Crippen LogP contribution in [0.3, 0.4) is 0 Å². The number of benzene rings is 1. The summed E-state index contributed by atoms with van der Waals surface area (Å²) in [6.07, 6.45) is 14.7. The van der Waals surface area contributed by atoms with Crippen molar-refractivity contribution >= 4 is 17.6 Å². The van der Waals surface area contributed by atoms with Crippen molar-refractivity contribution < 1.29 is 9.59 Å². The molecule has 1 saturated heterocycles. The van der Waals surface area contributed by atoms with Gasteiger partial charge in [0.15, 0.2) is 0 Å². The highest BCUT2D eigenvalue weighted by Crippen LogP contribution is 2.49. The van der Waals surface area contributed by atoms with Gasteiger partial charge >= 0.3 is 6.03 Å². The number of allylic oxidation sites excluding steroid dienone is 3. The van der Waals surface area contributed by atoms with Crippen molar-refractivity contribution in [2.45, 2.75) is 63.6 Å². The molecule has 176 valence electrons. The smallest absolute Gasteiger partial charge is 0.315 e. The molecule has 5 rings (SSSR count). The van der Waals surface area contributed by atoms with E-state index in [0.29, 0.717) is 24.4 Å². The number of hydrogen-bond donors (Lipinski definition) is 3. The summed E-state index contributed by atoms with van der Waals surface area (Å²) in [6, 6.07) is 8.68. The standard InChI is InChI=1S/C27H36N4O2/c1-2-28-27(33)30-23-15-9-7-13-20(23)26(32)31-17-16-21-24(18-10-4-3-5-11-18)29-22-14-8-6-12-19(22)25(21)31/h3-6,8,10,12,14,18,20-21,23-25,29H,2,7,9,11,13,15-17H2,1H3,(H2,28,30,33)/t18?,20-,21+,23+,24-,25-/m0/s1. The average Bonchev–Trinajstić information content (AvgIpc) is 3.30. The van der Waals surface area contributed by atoms with E-state index in [1.54, 1.807) is 0 Å². The average molecular weight is 449 g/mol. The minimum Gasteiger partial charge on any atom is -0.381 e. The molecule has 4 aliphatic rings. The number of fused-ring (bicyclic) bond motifs is 3. The van der Waals surface area contributed by atoms with Gasteiger partial charge in [-0.05, 0) is 44.2 Å². The summed E-state index contributed by atoms with van der Waals surface area (Å²) >= 11 is 0. The second-order valence-corrected chi connectivity index (χ2v) is 9.90. The molecule has 1 saturated carbocycles. The number of likely N-dealkylation sites (tertiary alicyclic amines) is 1. The number of carbonyl (C=O) groups is 2. The molecule has 2 aliphatic heterocycles. The number of nitrogens with zero attached hydrogens (tertiary/aromatic N) is 1. The molecule has 2 aliphatic carbocycles. The van der Waals surface area contributed by atoms with Gasteiger partial charge in [0.05, 0.1) is 12.0 Å². The van der Waals surface area contributed by atoms with Crippen LogP contribution in [0.25, 0.3) is 0 Å². The molecule has 1 unspecified atom stereocenters. The Hall–Kier alpha value is -2.76. The highest BCUT2D eigenvalue weighted by molar-refractivity contribution is 5.82. The molecule has 6 atom stereocenters. The van der Waals surface area contributed by atoms with Gasteiger partial charge in [0.2, 0.25) is 5.91 Å². The van der Waals surface area contributed by atoms with Gasteiger partial charge in [-0.25, -0.2) is 4.79 Å². The normalized spacial score (nSPS) is 32.5. The molecule has 1 aromatic carbocycles. The van der Waals surface area contributed by atoms with Crippen molar-refractivity contribution in [2.24, 2.45) is 17.8 Å². The zero-order valence-electron chi connectivity index (χ0n) is 19.5. The topological polar surface area (TPSA) is 73.5 Å². The molecule has 6 nitrogen and oxygen atoms in total. The third-order valence-electron chi connectivity index (χ3n) is 8.00. The van der Waals surface area contributed by atoms with Gasteiger partial charge in [0.1, 0.15) is 0 Å². The number of amides is 3. The highest BCUT2D eigenvalue weighted by Gasteiger charge is 2.49. The summed E-state index contributed by atoms with van der Waals surface area (Å²) in [5.74, 6) is 0.910. The first-order valence-corrected chi connectivity index (χ1v) is 12.7. The SMILES string of the molecule is CCNC(=O)N[C@@H]1CCCC[C@@H]1C(=O)N1CC[C@@H]2[C@H](C3C=CC=CC3)Nc3ccccc3[C@@H]21. The van der Waals surface area contributed by atoms with E-state index >= 15 is 0 Å². The van der Waals surface area contributed by atoms with Gasteiger partial charge in [-0.1, -0.05) is 55.3 Å². The predicted molar refractivity (Wildman–Crippen MR) is 131 cm³/mol. The van der Waals surface area contributed by atoms with Gasteiger partial charge in [-0.2, -0.15) is 0 Å². The highest BCUT2D eigenvalue weighted by atomic mass is 16.2. The summed E-state index contributed by atoms with van der Waals surface area (Å²) in [4.78, 5) is 28.4. The van der Waals surface area contributed by atoms with Gasteiger partial charge in [-0.3, -0.25) is 4.79 Å². The second kappa shape index (κ2) is 9.62. The first kappa shape index (κ1) is 22.1. The van der Waals surface area contributed by atoms with Crippen LogP contribution in [0, 0.1) is 17.8 Å². The first-order chi connectivity index (χ1) is 16.2. The monoisotopic (exact) mass is 448 g/mol. The first-order valence-electron chi connectivity index (χ1n) is 12.7. The minimum absolute atomic E-state index is 0.0870. The molecular weight excluding hydrogens is 412 g/mol. The molecule has 0 aromatic heterocycles. The molecule has 2 heterocycles. The van der Waals surface area contributed by atoms with E-state index in [0.717, 1.165) is 50.8 Å². The maximum absolute atomic E-state index is 14.0. The second-order valence-electron chi connectivity index (χ2n) is 9.90. The number of carbonyl (C=O) groups excluding carboxylic acids is 2. The summed E-state index contributed by atoms with van der Waals surface area (Å²) in [5.41, 5.74) is 2.40. The zero-order chi connectivity index (χ0) is 22.8. The third-order valence-corrected chi connectivity index (χ3v) is 8.00. The fourth-order valence-corrected chi connectivity index (χ4v) is 6.49. The van der Waals surface area contributed by atoms with Gasteiger partial charge in [-0.15, -0.1) is 0 Å². The lowest BCUT2D eigenvalue weighted by Gasteiger charge is -2.44. The summed E-state index contributed by atoms with van der Waals surface area (Å²) in [5, 5.41) is 9.76. The van der Waals surface area contributed by atoms with Gasteiger partial charge in [0.25, 0.3) is 0 Å². The van der Waals surface area contributed by atoms with Crippen molar-refractivity contribution in [3.05, 3.63) is 54.1 Å². The van der Waals surface area contributed by atoms with Crippen LogP contribution in [0.5, 0.6) is 0 Å². The molecular formula is C27H36N4O2. The van der Waals surface area contributed by atoms with Crippen LogP contribution in [-0.4, -0.2) is 42.0 Å². The van der Waals surface area contributed by atoms with Crippen LogP contribution in [-0.2, 0) is 4.79 Å². The molecule has 1 aromatic rings. The number of anilines is 1. The Labute approximate surface area is 196 Å². The van der Waals surface area contributed by atoms with E-state index in [1.165, 1.54) is 5.56 Å². The van der Waals surface area contributed by atoms with Crippen LogP contribution >= 0.6 is 0 Å². The van der Waals surface area contributed by atoms with E-state index in [9.17, 15) is 9.59 Å². The Bertz CT molecular complexity index is 942. The molecule has 3 amide bonds. The van der Waals surface area contributed by atoms with Gasteiger partial charge < -0.3 is 20.9 Å². The molecule has 3 N–H and O–H groups in total. The number of urea groups is 1. The van der Waals surface area contributed by atoms with E-state index in [-0.39, 0.29) is 29.9 Å². The number of para-hydroxylation sites is 1. The quantitative estimate of drug-likeness (QED) is 0.640. The molecule has 6 heteroatoms. The number of hydrogen-bond acceptors (Lipinski definition) is 3. The lowest BCUT2D eigenvalue weighted by atomic mass is 9.75. The molecule has 2 fully saturated rings. The third kappa shape index (κ3) is 4.28. The molecule has 0 bridgehead atoms. The fourth-order valence-electron chi connectivity index (χ4n) is 6.49. The maximum Gasteiger partial charge on any atom is 0.315 e. The van der Waals surface area contributed by atoms with Crippen molar-refractivity contribution in [3.63, 3.8) is 0 Å². The van der Waals surface area contributed by atoms with Crippen LogP contribution < -0.4 is 16.0 Å². The van der Waals surface area contributed by atoms with E-state index in [1.807, 2.05) is 6.92 Å². The van der Waals surface area contributed by atoms with Crippen LogP contribution in [0.4, 0.5) is 10.5 Å². The summed E-state index contributed by atoms with van der Waals surface area (Å²) in [7, 11) is 0. The van der Waals surface area contributed by atoms with Gasteiger partial charge in [0, 0.05) is 42.7 Å². The van der Waals surface area contributed by atoms with Crippen molar-refractivity contribution in [1.29, 1.82) is 0 Å². The van der Waals surface area contributed by atoms with Crippen LogP contribution in [0.15, 0.2) is 48.6 Å². The zero-order valence-corrected chi connectivity index (χ0v) is 19.5. The maximum atomic E-state index is 14.0. The summed E-state index contributed by atoms with van der Waals surface area (Å²) < 4.78 is 0. The van der Waals surface area contributed by atoms with Crippen LogP contribution in [0.1, 0.15) is 57.1 Å². The largest absolute Gasteiger partial charge is 0.381 e. The number of rotatable bonds is 4. The summed E-state index contributed by atoms with van der Waals surface area (Å²) in [6.45, 7) is 3.29. The molecule has 33 heavy (non-hydrogen) atoms. The lowest BCUT2D eigenvalue weighted by Crippen LogP contribution is -2.52. The Morgan fingerprint density at radius 1 is 1.12 bits per heavy atom. The fraction of sp³-hybridized carbons (Fsp3) is 0.556. The number of nitrogens with one attached hydrogen (secondary N) is 3. The lowest BCUT2D eigenvalue weighted by molar-refractivity contribution is -0.138.